The number of aryl methyl sites for hydroxylation is 1. The van der Waals surface area contributed by atoms with Gasteiger partial charge in [0.15, 0.2) is 0 Å². The number of hydrogen-bond donors (Lipinski definition) is 1. The SMILES string of the molecule is C=C(c1ccccc1)c1ccc(C)c(O)c1C. The minimum atomic E-state index is 0.361. The van der Waals surface area contributed by atoms with Gasteiger partial charge in [0, 0.05) is 0 Å². The fourth-order valence-electron chi connectivity index (χ4n) is 1.96. The lowest BCUT2D eigenvalue weighted by molar-refractivity contribution is 0.466. The van der Waals surface area contributed by atoms with Crippen LogP contribution in [-0.2, 0) is 0 Å². The second-order valence-corrected chi connectivity index (χ2v) is 4.25. The maximum absolute atomic E-state index is 9.94. The highest BCUT2D eigenvalue weighted by Crippen LogP contribution is 2.31. The Morgan fingerprint density at radius 1 is 1.00 bits per heavy atom. The zero-order chi connectivity index (χ0) is 12.4. The molecule has 2 aromatic carbocycles. The summed E-state index contributed by atoms with van der Waals surface area (Å²) in [6.07, 6.45) is 0. The Hall–Kier alpha value is -2.02. The number of rotatable bonds is 2. The molecule has 0 aromatic heterocycles. The van der Waals surface area contributed by atoms with Crippen LogP contribution in [0, 0.1) is 13.8 Å². The third-order valence-electron chi connectivity index (χ3n) is 3.08. The molecule has 0 radical (unpaired) electrons. The fourth-order valence-corrected chi connectivity index (χ4v) is 1.96. The van der Waals surface area contributed by atoms with Crippen LogP contribution in [0.5, 0.6) is 5.75 Å². The topological polar surface area (TPSA) is 20.2 Å². The van der Waals surface area contributed by atoms with E-state index in [0.717, 1.165) is 27.8 Å². The van der Waals surface area contributed by atoms with Crippen molar-refractivity contribution in [3.63, 3.8) is 0 Å². The van der Waals surface area contributed by atoms with Gasteiger partial charge in [-0.15, -0.1) is 0 Å². The summed E-state index contributed by atoms with van der Waals surface area (Å²) in [5, 5.41) is 9.94. The quantitative estimate of drug-likeness (QED) is 0.815. The van der Waals surface area contributed by atoms with E-state index in [4.69, 9.17) is 0 Å². The molecule has 0 bridgehead atoms. The molecule has 0 saturated carbocycles. The van der Waals surface area contributed by atoms with E-state index in [9.17, 15) is 5.11 Å². The molecule has 0 unspecified atom stereocenters. The maximum atomic E-state index is 9.94. The lowest BCUT2D eigenvalue weighted by atomic mass is 9.94. The van der Waals surface area contributed by atoms with Gasteiger partial charge in [0.2, 0.25) is 0 Å². The molecule has 1 nitrogen and oxygen atoms in total. The third kappa shape index (κ3) is 2.09. The van der Waals surface area contributed by atoms with E-state index in [0.29, 0.717) is 5.75 Å². The van der Waals surface area contributed by atoms with Gasteiger partial charge in [-0.1, -0.05) is 49.0 Å². The Morgan fingerprint density at radius 2 is 1.65 bits per heavy atom. The highest BCUT2D eigenvalue weighted by molar-refractivity contribution is 5.80. The number of hydrogen-bond acceptors (Lipinski definition) is 1. The van der Waals surface area contributed by atoms with Gasteiger partial charge in [-0.2, -0.15) is 0 Å². The molecule has 0 amide bonds. The van der Waals surface area contributed by atoms with Crippen LogP contribution < -0.4 is 0 Å². The van der Waals surface area contributed by atoms with E-state index >= 15 is 0 Å². The van der Waals surface area contributed by atoms with Crippen LogP contribution in [0.15, 0.2) is 49.0 Å². The van der Waals surface area contributed by atoms with Gasteiger partial charge in [0.05, 0.1) is 0 Å². The molecule has 17 heavy (non-hydrogen) atoms. The normalized spacial score (nSPS) is 10.2. The maximum Gasteiger partial charge on any atom is 0.122 e. The van der Waals surface area contributed by atoms with Crippen molar-refractivity contribution < 1.29 is 5.11 Å². The molecule has 0 fully saturated rings. The Labute approximate surface area is 102 Å². The average molecular weight is 224 g/mol. The molecule has 0 aliphatic heterocycles. The van der Waals surface area contributed by atoms with Crippen LogP contribution >= 0.6 is 0 Å². The summed E-state index contributed by atoms with van der Waals surface area (Å²) in [6.45, 7) is 7.94. The Bertz CT molecular complexity index is 553. The molecular weight excluding hydrogens is 208 g/mol. The standard InChI is InChI=1S/C16H16O/c1-11-9-10-15(13(3)16(11)17)12(2)14-7-5-4-6-8-14/h4-10,17H,2H2,1,3H3. The monoisotopic (exact) mass is 224 g/mol. The summed E-state index contributed by atoms with van der Waals surface area (Å²) < 4.78 is 0. The molecule has 0 aliphatic rings. The summed E-state index contributed by atoms with van der Waals surface area (Å²) >= 11 is 0. The van der Waals surface area contributed by atoms with Gasteiger partial charge in [-0.25, -0.2) is 0 Å². The fraction of sp³-hybridized carbons (Fsp3) is 0.125. The van der Waals surface area contributed by atoms with E-state index in [2.05, 4.69) is 6.58 Å². The van der Waals surface area contributed by atoms with Gasteiger partial charge in [-0.05, 0) is 41.7 Å². The summed E-state index contributed by atoms with van der Waals surface area (Å²) in [6, 6.07) is 14.0. The van der Waals surface area contributed by atoms with Crippen molar-refractivity contribution in [2.75, 3.05) is 0 Å². The first-order chi connectivity index (χ1) is 8.11. The lowest BCUT2D eigenvalue weighted by Crippen LogP contribution is -1.92. The minimum absolute atomic E-state index is 0.361. The van der Waals surface area contributed by atoms with Crippen LogP contribution in [0.2, 0.25) is 0 Å². The van der Waals surface area contributed by atoms with E-state index in [1.807, 2.05) is 56.3 Å². The van der Waals surface area contributed by atoms with Crippen molar-refractivity contribution >= 4 is 5.57 Å². The molecule has 0 spiro atoms. The van der Waals surface area contributed by atoms with Gasteiger partial charge >= 0.3 is 0 Å². The van der Waals surface area contributed by atoms with E-state index in [1.54, 1.807) is 0 Å². The van der Waals surface area contributed by atoms with E-state index in [-0.39, 0.29) is 0 Å². The van der Waals surface area contributed by atoms with Crippen LogP contribution in [0.25, 0.3) is 5.57 Å². The molecule has 2 rings (SSSR count). The number of phenolic OH excluding ortho intramolecular Hbond substituents is 1. The van der Waals surface area contributed by atoms with Gasteiger partial charge in [0.1, 0.15) is 5.75 Å². The number of benzene rings is 2. The molecule has 86 valence electrons. The summed E-state index contributed by atoms with van der Waals surface area (Å²) in [7, 11) is 0. The lowest BCUT2D eigenvalue weighted by Gasteiger charge is -2.12. The number of aromatic hydroxyl groups is 1. The van der Waals surface area contributed by atoms with Gasteiger partial charge in [-0.3, -0.25) is 0 Å². The average Bonchev–Trinajstić information content (AvgIpc) is 2.36. The summed E-state index contributed by atoms with van der Waals surface area (Å²) in [5.41, 5.74) is 4.81. The Morgan fingerprint density at radius 3 is 2.29 bits per heavy atom. The smallest absolute Gasteiger partial charge is 0.122 e. The largest absolute Gasteiger partial charge is 0.507 e. The van der Waals surface area contributed by atoms with Crippen molar-refractivity contribution in [2.45, 2.75) is 13.8 Å². The van der Waals surface area contributed by atoms with E-state index < -0.39 is 0 Å². The van der Waals surface area contributed by atoms with Crippen LogP contribution in [0.1, 0.15) is 22.3 Å². The summed E-state index contributed by atoms with van der Waals surface area (Å²) in [5.74, 6) is 0.361. The number of phenols is 1. The van der Waals surface area contributed by atoms with Gasteiger partial charge < -0.3 is 5.11 Å². The van der Waals surface area contributed by atoms with Gasteiger partial charge in [0.25, 0.3) is 0 Å². The van der Waals surface area contributed by atoms with Crippen molar-refractivity contribution in [3.05, 3.63) is 71.3 Å². The first-order valence-corrected chi connectivity index (χ1v) is 5.65. The molecule has 1 N–H and O–H groups in total. The zero-order valence-corrected chi connectivity index (χ0v) is 10.2. The summed E-state index contributed by atoms with van der Waals surface area (Å²) in [4.78, 5) is 0. The van der Waals surface area contributed by atoms with E-state index in [1.165, 1.54) is 0 Å². The van der Waals surface area contributed by atoms with Crippen molar-refractivity contribution in [1.29, 1.82) is 0 Å². The molecule has 0 saturated heterocycles. The second-order valence-electron chi connectivity index (χ2n) is 4.25. The van der Waals surface area contributed by atoms with Crippen LogP contribution in [-0.4, -0.2) is 5.11 Å². The molecule has 2 aromatic rings. The highest BCUT2D eigenvalue weighted by atomic mass is 16.3. The van der Waals surface area contributed by atoms with Crippen LogP contribution in [0.4, 0.5) is 0 Å². The van der Waals surface area contributed by atoms with Crippen molar-refractivity contribution in [2.24, 2.45) is 0 Å². The zero-order valence-electron chi connectivity index (χ0n) is 10.2. The van der Waals surface area contributed by atoms with Crippen molar-refractivity contribution in [3.8, 4) is 5.75 Å². The molecular formula is C16H16O. The minimum Gasteiger partial charge on any atom is -0.507 e. The predicted octanol–water partition coefficient (Wildman–Crippen LogP) is 4.07. The third-order valence-corrected chi connectivity index (χ3v) is 3.08. The second kappa shape index (κ2) is 4.46. The van der Waals surface area contributed by atoms with Crippen LogP contribution in [0.3, 0.4) is 0 Å². The molecule has 0 heterocycles. The predicted molar refractivity (Wildman–Crippen MR) is 72.2 cm³/mol. The first kappa shape index (κ1) is 11.5. The molecule has 0 aliphatic carbocycles. The molecule has 1 heteroatoms. The Kier molecular flexibility index (Phi) is 3.01. The molecule has 0 atom stereocenters. The first-order valence-electron chi connectivity index (χ1n) is 5.65. The van der Waals surface area contributed by atoms with Crippen molar-refractivity contribution in [1.82, 2.24) is 0 Å². The Balaban J connectivity index is 2.49. The highest BCUT2D eigenvalue weighted by Gasteiger charge is 2.09.